The molecule has 0 spiro atoms. The van der Waals surface area contributed by atoms with Gasteiger partial charge in [0, 0.05) is 0 Å². The monoisotopic (exact) mass is 316 g/mol. The summed E-state index contributed by atoms with van der Waals surface area (Å²) in [5.74, 6) is 3.85. The van der Waals surface area contributed by atoms with E-state index in [-0.39, 0.29) is 0 Å². The molecule has 1 rings (SSSR count). The number of benzene rings is 1. The fraction of sp³-hybridized carbons (Fsp3) is 0.385. The Hall–Kier alpha value is -0.406. The minimum Gasteiger partial charge on any atom is -0.547 e. The Bertz CT molecular complexity index is 473. The highest BCUT2D eigenvalue weighted by Crippen LogP contribution is 2.30. The summed E-state index contributed by atoms with van der Waals surface area (Å²) < 4.78 is 5.71. The molecule has 0 aliphatic rings. The first-order valence-electron chi connectivity index (χ1n) is 5.88. The molecule has 0 bridgehead atoms. The minimum absolute atomic E-state index is 0.568. The van der Waals surface area contributed by atoms with Crippen LogP contribution in [0, 0.1) is 11.5 Å². The van der Waals surface area contributed by atoms with Crippen LogP contribution in [0.25, 0.3) is 0 Å². The molecular formula is C13H18Cl2OSi2. The van der Waals surface area contributed by atoms with Crippen LogP contribution in [0.3, 0.4) is 0 Å². The maximum absolute atomic E-state index is 6.21. The molecule has 5 heteroatoms. The second-order valence-corrected chi connectivity index (χ2v) is 13.3. The van der Waals surface area contributed by atoms with Crippen molar-refractivity contribution in [2.75, 3.05) is 0 Å². The first-order chi connectivity index (χ1) is 8.19. The van der Waals surface area contributed by atoms with E-state index in [4.69, 9.17) is 27.6 Å². The first-order valence-corrected chi connectivity index (χ1v) is 12.9. The van der Waals surface area contributed by atoms with Crippen molar-refractivity contribution >= 4 is 40.3 Å². The Morgan fingerprint density at radius 1 is 1.11 bits per heavy atom. The molecule has 0 heterocycles. The van der Waals surface area contributed by atoms with Crippen molar-refractivity contribution in [1.82, 2.24) is 0 Å². The minimum atomic E-state index is -1.43. The summed E-state index contributed by atoms with van der Waals surface area (Å²) in [4.78, 5) is 0. The van der Waals surface area contributed by atoms with Gasteiger partial charge in [-0.15, -0.1) is 5.54 Å². The van der Waals surface area contributed by atoms with E-state index in [0.29, 0.717) is 15.6 Å². The van der Waals surface area contributed by atoms with Gasteiger partial charge in [0.15, 0.2) is 0 Å². The molecule has 0 amide bonds. The molecule has 1 nitrogen and oxygen atoms in total. The van der Waals surface area contributed by atoms with Crippen molar-refractivity contribution in [2.45, 2.75) is 32.7 Å². The molecule has 18 heavy (non-hydrogen) atoms. The van der Waals surface area contributed by atoms with Crippen LogP contribution in [-0.4, -0.2) is 17.1 Å². The summed E-state index contributed by atoms with van der Waals surface area (Å²) in [5, 5.41) is 1.14. The summed E-state index contributed by atoms with van der Waals surface area (Å²) in [5.41, 5.74) is 3.97. The molecule has 0 radical (unpaired) electrons. The largest absolute Gasteiger partial charge is 0.547 e. The predicted octanol–water partition coefficient (Wildman–Crippen LogP) is 4.58. The average molecular weight is 317 g/mol. The summed E-state index contributed by atoms with van der Waals surface area (Å²) in [6.45, 7) is 10.7. The summed E-state index contributed by atoms with van der Waals surface area (Å²) in [6.07, 6.45) is 0. The Balaban J connectivity index is 3.12. The van der Waals surface area contributed by atoms with E-state index in [9.17, 15) is 0 Å². The Kier molecular flexibility index (Phi) is 5.36. The molecule has 0 aliphatic heterocycles. The van der Waals surface area contributed by atoms with Crippen molar-refractivity contribution in [3.8, 4) is 17.2 Å². The van der Waals surface area contributed by atoms with Crippen molar-refractivity contribution in [3.05, 3.63) is 27.7 Å². The van der Waals surface area contributed by atoms with Crippen LogP contribution in [0.1, 0.15) is 5.56 Å². The van der Waals surface area contributed by atoms with Crippen LogP contribution in [0.15, 0.2) is 12.1 Å². The Morgan fingerprint density at radius 3 is 2.00 bits per heavy atom. The zero-order chi connectivity index (χ0) is 13.9. The van der Waals surface area contributed by atoms with E-state index in [1.165, 1.54) is 0 Å². The molecule has 0 fully saturated rings. The van der Waals surface area contributed by atoms with Gasteiger partial charge in [-0.25, -0.2) is 0 Å². The first kappa shape index (κ1) is 15.7. The fourth-order valence-corrected chi connectivity index (χ4v) is 3.00. The molecule has 0 saturated carbocycles. The summed E-state index contributed by atoms with van der Waals surface area (Å²) >= 11 is 12.4. The number of hydrogen-bond acceptors (Lipinski definition) is 1. The lowest BCUT2D eigenvalue weighted by molar-refractivity contribution is 0.581. The second kappa shape index (κ2) is 6.16. The van der Waals surface area contributed by atoms with Crippen molar-refractivity contribution < 1.29 is 4.43 Å². The van der Waals surface area contributed by atoms with Gasteiger partial charge in [-0.2, -0.15) is 0 Å². The van der Waals surface area contributed by atoms with E-state index in [1.807, 2.05) is 0 Å². The van der Waals surface area contributed by atoms with Gasteiger partial charge in [-0.3, -0.25) is 0 Å². The van der Waals surface area contributed by atoms with E-state index >= 15 is 0 Å². The Morgan fingerprint density at radius 2 is 1.61 bits per heavy atom. The van der Waals surface area contributed by atoms with E-state index in [0.717, 1.165) is 5.75 Å². The molecule has 0 aromatic heterocycles. The van der Waals surface area contributed by atoms with Crippen LogP contribution in [-0.2, 0) is 0 Å². The highest BCUT2D eigenvalue weighted by atomic mass is 35.5. The molecule has 0 unspecified atom stereocenters. The van der Waals surface area contributed by atoms with Gasteiger partial charge >= 0.3 is 0 Å². The lowest BCUT2D eigenvalue weighted by atomic mass is 10.2. The van der Waals surface area contributed by atoms with Gasteiger partial charge in [0.1, 0.15) is 13.8 Å². The molecule has 1 aromatic rings. The van der Waals surface area contributed by atoms with Crippen LogP contribution < -0.4 is 4.43 Å². The SMILES string of the molecule is C[SiH](C)Oc1cc(Cl)c(C#C[Si](C)(C)C)c(Cl)c1. The molecule has 0 saturated heterocycles. The van der Waals surface area contributed by atoms with Gasteiger partial charge in [-0.1, -0.05) is 48.8 Å². The van der Waals surface area contributed by atoms with Gasteiger partial charge in [0.2, 0.25) is 9.04 Å². The smallest absolute Gasteiger partial charge is 0.229 e. The Labute approximate surface area is 122 Å². The van der Waals surface area contributed by atoms with Crippen LogP contribution in [0.4, 0.5) is 0 Å². The molecule has 1 aromatic carbocycles. The van der Waals surface area contributed by atoms with Crippen molar-refractivity contribution in [2.24, 2.45) is 0 Å². The lowest BCUT2D eigenvalue weighted by Gasteiger charge is -2.11. The van der Waals surface area contributed by atoms with E-state index in [2.05, 4.69) is 44.2 Å². The van der Waals surface area contributed by atoms with Crippen molar-refractivity contribution in [3.63, 3.8) is 0 Å². The van der Waals surface area contributed by atoms with Crippen LogP contribution in [0.2, 0.25) is 42.8 Å². The molecular weight excluding hydrogens is 299 g/mol. The molecule has 0 aliphatic carbocycles. The van der Waals surface area contributed by atoms with Crippen LogP contribution >= 0.6 is 23.2 Å². The molecule has 0 atom stereocenters. The van der Waals surface area contributed by atoms with Gasteiger partial charge in [0.05, 0.1) is 15.6 Å². The zero-order valence-electron chi connectivity index (χ0n) is 11.4. The molecule has 0 N–H and O–H groups in total. The highest BCUT2D eigenvalue weighted by Gasteiger charge is 2.11. The highest BCUT2D eigenvalue weighted by molar-refractivity contribution is 6.83. The lowest BCUT2D eigenvalue weighted by Crippen LogP contribution is -2.16. The maximum atomic E-state index is 6.21. The normalized spacial score (nSPS) is 11.1. The zero-order valence-corrected chi connectivity index (χ0v) is 15.1. The summed E-state index contributed by atoms with van der Waals surface area (Å²) in [7, 11) is -2.57. The third-order valence-corrected chi connectivity index (χ3v) is 4.16. The average Bonchev–Trinajstić information content (AvgIpc) is 2.12. The summed E-state index contributed by atoms with van der Waals surface area (Å²) in [6, 6.07) is 3.60. The molecule has 98 valence electrons. The number of hydrogen-bond donors (Lipinski definition) is 0. The maximum Gasteiger partial charge on any atom is 0.229 e. The van der Waals surface area contributed by atoms with Crippen LogP contribution in [0.5, 0.6) is 5.75 Å². The van der Waals surface area contributed by atoms with Gasteiger partial charge < -0.3 is 4.43 Å². The van der Waals surface area contributed by atoms with E-state index < -0.39 is 17.1 Å². The predicted molar refractivity (Wildman–Crippen MR) is 86.2 cm³/mol. The standard InChI is InChI=1S/C13H18Cl2OSi2/c1-17(2)16-10-8-12(14)11(13(15)9-10)6-7-18(3,4)5/h8-9,17H,1-5H3. The number of rotatable bonds is 2. The van der Waals surface area contributed by atoms with E-state index in [1.54, 1.807) is 12.1 Å². The van der Waals surface area contributed by atoms with Gasteiger partial charge in [0.25, 0.3) is 0 Å². The van der Waals surface area contributed by atoms with Crippen molar-refractivity contribution in [1.29, 1.82) is 0 Å². The fourth-order valence-electron chi connectivity index (χ4n) is 1.26. The quantitative estimate of drug-likeness (QED) is 0.573. The van der Waals surface area contributed by atoms with Gasteiger partial charge in [-0.05, 0) is 25.2 Å². The third kappa shape index (κ3) is 5.07. The third-order valence-electron chi connectivity index (χ3n) is 1.95. The number of halogens is 2. The topological polar surface area (TPSA) is 9.23 Å². The second-order valence-electron chi connectivity index (χ2n) is 5.43.